The number of ether oxygens (including phenoxy) is 1. The Morgan fingerprint density at radius 1 is 1.28 bits per heavy atom. The fraction of sp³-hybridized carbons (Fsp3) is 0.300. The molecule has 0 aliphatic carbocycles. The molecule has 4 nitrogen and oxygen atoms in total. The lowest BCUT2D eigenvalue weighted by Gasteiger charge is -2.17. The van der Waals surface area contributed by atoms with Gasteiger partial charge in [0.25, 0.3) is 0 Å². The minimum absolute atomic E-state index is 0.0381. The molecule has 2 aromatic rings. The molecule has 1 aliphatic rings. The Labute approximate surface area is 156 Å². The van der Waals surface area contributed by atoms with Crippen molar-refractivity contribution >= 4 is 21.9 Å². The second-order valence-electron chi connectivity index (χ2n) is 6.29. The van der Waals surface area contributed by atoms with E-state index in [1.165, 1.54) is 12.7 Å². The van der Waals surface area contributed by atoms with Gasteiger partial charge >= 0.3 is 5.97 Å². The SMILES string of the molecule is COC(=O)[C@H]1CN(Cc2ccc(Br)cc2)C[C@@H]1c1cccc(C#N)c1. The smallest absolute Gasteiger partial charge is 0.310 e. The lowest BCUT2D eigenvalue weighted by Crippen LogP contribution is -2.24. The van der Waals surface area contributed by atoms with Crippen LogP contribution in [0.15, 0.2) is 53.0 Å². The van der Waals surface area contributed by atoms with Gasteiger partial charge in [0.15, 0.2) is 0 Å². The summed E-state index contributed by atoms with van der Waals surface area (Å²) in [5, 5.41) is 9.14. The summed E-state index contributed by atoms with van der Waals surface area (Å²) < 4.78 is 6.07. The summed E-state index contributed by atoms with van der Waals surface area (Å²) in [5.74, 6) is -0.365. The minimum Gasteiger partial charge on any atom is -0.469 e. The monoisotopic (exact) mass is 398 g/mol. The maximum absolute atomic E-state index is 12.3. The van der Waals surface area contributed by atoms with Gasteiger partial charge in [-0.3, -0.25) is 9.69 Å². The first-order chi connectivity index (χ1) is 12.1. The van der Waals surface area contributed by atoms with Crippen molar-refractivity contribution in [2.24, 2.45) is 5.92 Å². The van der Waals surface area contributed by atoms with Crippen LogP contribution < -0.4 is 0 Å². The number of hydrogen-bond donors (Lipinski definition) is 0. The number of carbonyl (C=O) groups is 1. The highest BCUT2D eigenvalue weighted by molar-refractivity contribution is 9.10. The van der Waals surface area contributed by atoms with E-state index in [1.807, 2.05) is 30.3 Å². The number of benzene rings is 2. The van der Waals surface area contributed by atoms with Crippen LogP contribution in [0.4, 0.5) is 0 Å². The van der Waals surface area contributed by atoms with Crippen LogP contribution in [-0.4, -0.2) is 31.1 Å². The van der Waals surface area contributed by atoms with Crippen molar-refractivity contribution in [3.63, 3.8) is 0 Å². The van der Waals surface area contributed by atoms with Gasteiger partial charge < -0.3 is 4.74 Å². The van der Waals surface area contributed by atoms with E-state index in [1.54, 1.807) is 6.07 Å². The molecule has 0 unspecified atom stereocenters. The average Bonchev–Trinajstić information content (AvgIpc) is 3.07. The predicted octanol–water partition coefficient (Wildman–Crippen LogP) is 3.71. The van der Waals surface area contributed by atoms with Crippen LogP contribution in [0.5, 0.6) is 0 Å². The van der Waals surface area contributed by atoms with Crippen LogP contribution in [0, 0.1) is 17.2 Å². The molecular weight excluding hydrogens is 380 g/mol. The van der Waals surface area contributed by atoms with Gasteiger partial charge in [-0.15, -0.1) is 0 Å². The van der Waals surface area contributed by atoms with Gasteiger partial charge in [0, 0.05) is 30.0 Å². The van der Waals surface area contributed by atoms with Gasteiger partial charge in [0.1, 0.15) is 0 Å². The molecule has 0 aromatic heterocycles. The van der Waals surface area contributed by atoms with E-state index in [4.69, 9.17) is 10.00 Å². The number of halogens is 1. The number of nitriles is 1. The van der Waals surface area contributed by atoms with E-state index >= 15 is 0 Å². The first-order valence-electron chi connectivity index (χ1n) is 8.15. The van der Waals surface area contributed by atoms with Crippen LogP contribution in [0.25, 0.3) is 0 Å². The van der Waals surface area contributed by atoms with Crippen molar-refractivity contribution in [1.29, 1.82) is 5.26 Å². The van der Waals surface area contributed by atoms with Crippen LogP contribution in [0.3, 0.4) is 0 Å². The lowest BCUT2D eigenvalue weighted by atomic mass is 9.88. The number of likely N-dealkylation sites (tertiary alicyclic amines) is 1. The third kappa shape index (κ3) is 4.09. The Morgan fingerprint density at radius 2 is 2.04 bits per heavy atom. The highest BCUT2D eigenvalue weighted by Crippen LogP contribution is 2.34. The summed E-state index contributed by atoms with van der Waals surface area (Å²) in [4.78, 5) is 14.5. The Balaban J connectivity index is 1.82. The van der Waals surface area contributed by atoms with Crippen molar-refractivity contribution in [2.45, 2.75) is 12.5 Å². The van der Waals surface area contributed by atoms with Gasteiger partial charge in [-0.25, -0.2) is 0 Å². The number of rotatable bonds is 4. The van der Waals surface area contributed by atoms with Crippen LogP contribution in [0.2, 0.25) is 0 Å². The topological polar surface area (TPSA) is 53.3 Å². The van der Waals surface area contributed by atoms with E-state index in [9.17, 15) is 4.79 Å². The van der Waals surface area contributed by atoms with Crippen LogP contribution >= 0.6 is 15.9 Å². The molecule has 3 rings (SSSR count). The van der Waals surface area contributed by atoms with Crippen molar-refractivity contribution in [1.82, 2.24) is 4.90 Å². The van der Waals surface area contributed by atoms with Crippen molar-refractivity contribution in [3.8, 4) is 6.07 Å². The molecule has 0 radical (unpaired) electrons. The van der Waals surface area contributed by atoms with Crippen molar-refractivity contribution in [3.05, 3.63) is 69.7 Å². The summed E-state index contributed by atoms with van der Waals surface area (Å²) in [6.07, 6.45) is 0. The molecule has 25 heavy (non-hydrogen) atoms. The third-order valence-electron chi connectivity index (χ3n) is 4.66. The molecule has 5 heteroatoms. The van der Waals surface area contributed by atoms with Gasteiger partial charge in [-0.1, -0.05) is 40.2 Å². The molecule has 128 valence electrons. The molecule has 1 fully saturated rings. The molecule has 0 N–H and O–H groups in total. The van der Waals surface area contributed by atoms with E-state index in [-0.39, 0.29) is 17.8 Å². The lowest BCUT2D eigenvalue weighted by molar-refractivity contribution is -0.145. The number of hydrogen-bond acceptors (Lipinski definition) is 4. The fourth-order valence-corrected chi connectivity index (χ4v) is 3.69. The number of methoxy groups -OCH3 is 1. The van der Waals surface area contributed by atoms with E-state index < -0.39 is 0 Å². The first-order valence-corrected chi connectivity index (χ1v) is 8.94. The zero-order valence-corrected chi connectivity index (χ0v) is 15.6. The summed E-state index contributed by atoms with van der Waals surface area (Å²) in [7, 11) is 1.43. The summed E-state index contributed by atoms with van der Waals surface area (Å²) >= 11 is 3.45. The van der Waals surface area contributed by atoms with E-state index in [0.29, 0.717) is 12.1 Å². The molecule has 0 bridgehead atoms. The molecule has 1 aliphatic heterocycles. The Hall–Kier alpha value is -2.16. The Morgan fingerprint density at radius 3 is 2.72 bits per heavy atom. The first kappa shape index (κ1) is 17.7. The van der Waals surface area contributed by atoms with Gasteiger partial charge in [-0.05, 0) is 35.4 Å². The minimum atomic E-state index is -0.214. The third-order valence-corrected chi connectivity index (χ3v) is 5.19. The van der Waals surface area contributed by atoms with Gasteiger partial charge in [0.05, 0.1) is 24.7 Å². The van der Waals surface area contributed by atoms with Crippen LogP contribution in [0.1, 0.15) is 22.6 Å². The maximum atomic E-state index is 12.3. The molecule has 1 saturated heterocycles. The second kappa shape index (κ2) is 7.81. The number of nitrogens with zero attached hydrogens (tertiary/aromatic N) is 2. The summed E-state index contributed by atoms with van der Waals surface area (Å²) in [6.45, 7) is 2.21. The normalized spacial score (nSPS) is 20.2. The molecule has 2 aromatic carbocycles. The summed E-state index contributed by atoms with van der Waals surface area (Å²) in [5.41, 5.74) is 2.85. The number of carbonyl (C=O) groups excluding carboxylic acids is 1. The quantitative estimate of drug-likeness (QED) is 0.736. The van der Waals surface area contributed by atoms with Gasteiger partial charge in [-0.2, -0.15) is 5.26 Å². The van der Waals surface area contributed by atoms with E-state index in [2.05, 4.69) is 39.0 Å². The Kier molecular flexibility index (Phi) is 5.52. The molecular formula is C20H19BrN2O2. The Bertz CT molecular complexity index is 798. The highest BCUT2D eigenvalue weighted by Gasteiger charge is 2.39. The fourth-order valence-electron chi connectivity index (χ4n) is 3.43. The highest BCUT2D eigenvalue weighted by atomic mass is 79.9. The standard InChI is InChI=1S/C20H19BrN2O2/c1-25-20(24)19-13-23(11-14-5-7-17(21)8-6-14)12-18(19)16-4-2-3-15(9-16)10-22/h2-9,18-19H,11-13H2,1H3/t18-,19+/m1/s1. The van der Waals surface area contributed by atoms with E-state index in [0.717, 1.165) is 23.1 Å². The van der Waals surface area contributed by atoms with Crippen LogP contribution in [-0.2, 0) is 16.1 Å². The molecule has 0 saturated carbocycles. The van der Waals surface area contributed by atoms with Crippen molar-refractivity contribution in [2.75, 3.05) is 20.2 Å². The molecule has 0 amide bonds. The average molecular weight is 399 g/mol. The second-order valence-corrected chi connectivity index (χ2v) is 7.21. The molecule has 2 atom stereocenters. The predicted molar refractivity (Wildman–Crippen MR) is 98.8 cm³/mol. The molecule has 0 spiro atoms. The maximum Gasteiger partial charge on any atom is 0.310 e. The van der Waals surface area contributed by atoms with Crippen molar-refractivity contribution < 1.29 is 9.53 Å². The largest absolute Gasteiger partial charge is 0.469 e. The zero-order chi connectivity index (χ0) is 17.8. The molecule has 1 heterocycles. The zero-order valence-electron chi connectivity index (χ0n) is 14.0. The summed E-state index contributed by atoms with van der Waals surface area (Å²) in [6, 6.07) is 17.9. The number of esters is 1. The van der Waals surface area contributed by atoms with Gasteiger partial charge in [0.2, 0.25) is 0 Å².